The van der Waals surface area contributed by atoms with Crippen molar-refractivity contribution >= 4 is 22.6 Å². The van der Waals surface area contributed by atoms with Crippen LogP contribution in [0.25, 0.3) is 11.0 Å². The molecule has 0 amide bonds. The van der Waals surface area contributed by atoms with Crippen molar-refractivity contribution in [1.29, 1.82) is 0 Å². The predicted molar refractivity (Wildman–Crippen MR) is 82.3 cm³/mol. The SMILES string of the molecule is CCC1OCCC1Cn1c(CCCl)nc2cc(F)ccc21. The van der Waals surface area contributed by atoms with Gasteiger partial charge in [0.1, 0.15) is 11.6 Å². The molecule has 3 rings (SSSR count). The third kappa shape index (κ3) is 2.92. The summed E-state index contributed by atoms with van der Waals surface area (Å²) in [6.07, 6.45) is 3.10. The molecule has 0 aliphatic carbocycles. The summed E-state index contributed by atoms with van der Waals surface area (Å²) in [4.78, 5) is 4.55. The Morgan fingerprint density at radius 3 is 3.10 bits per heavy atom. The molecular formula is C16H20ClFN2O. The van der Waals surface area contributed by atoms with Gasteiger partial charge in [0.05, 0.1) is 17.1 Å². The van der Waals surface area contributed by atoms with Crippen LogP contribution in [0.5, 0.6) is 0 Å². The van der Waals surface area contributed by atoms with Crippen LogP contribution in [0.15, 0.2) is 18.2 Å². The van der Waals surface area contributed by atoms with Crippen LogP contribution in [0.2, 0.25) is 0 Å². The lowest BCUT2D eigenvalue weighted by Gasteiger charge is -2.19. The Hall–Kier alpha value is -1.13. The Bertz CT molecular complexity index is 628. The van der Waals surface area contributed by atoms with Crippen molar-refractivity contribution in [2.75, 3.05) is 12.5 Å². The summed E-state index contributed by atoms with van der Waals surface area (Å²) in [6.45, 7) is 3.85. The van der Waals surface area contributed by atoms with E-state index in [4.69, 9.17) is 16.3 Å². The fourth-order valence-electron chi connectivity index (χ4n) is 3.22. The van der Waals surface area contributed by atoms with Gasteiger partial charge >= 0.3 is 0 Å². The first-order valence-electron chi connectivity index (χ1n) is 7.55. The standard InChI is InChI=1S/C16H20ClFN2O/c1-2-15-11(6-8-21-15)10-20-14-4-3-12(18)9-13(14)19-16(20)5-7-17/h3-4,9,11,15H,2,5-8,10H2,1H3. The second-order valence-electron chi connectivity index (χ2n) is 5.58. The molecule has 0 spiro atoms. The number of ether oxygens (including phenoxy) is 1. The lowest BCUT2D eigenvalue weighted by Crippen LogP contribution is -2.21. The number of aryl methyl sites for hydroxylation is 1. The number of fused-ring (bicyclic) bond motifs is 1. The predicted octanol–water partition coefficient (Wildman–Crippen LogP) is 3.77. The summed E-state index contributed by atoms with van der Waals surface area (Å²) in [7, 11) is 0. The minimum absolute atomic E-state index is 0.250. The molecule has 21 heavy (non-hydrogen) atoms. The van der Waals surface area contributed by atoms with Crippen LogP contribution in [0.1, 0.15) is 25.6 Å². The number of imidazole rings is 1. The molecule has 114 valence electrons. The van der Waals surface area contributed by atoms with Gasteiger partial charge in [0.15, 0.2) is 0 Å². The van der Waals surface area contributed by atoms with Gasteiger partial charge in [-0.2, -0.15) is 0 Å². The summed E-state index contributed by atoms with van der Waals surface area (Å²) < 4.78 is 21.4. The maximum atomic E-state index is 13.4. The topological polar surface area (TPSA) is 27.1 Å². The molecule has 2 unspecified atom stereocenters. The first kappa shape index (κ1) is 14.8. The van der Waals surface area contributed by atoms with Gasteiger partial charge in [-0.1, -0.05) is 6.92 Å². The molecule has 1 aliphatic rings. The number of benzene rings is 1. The molecule has 2 aromatic rings. The van der Waals surface area contributed by atoms with Gasteiger partial charge in [0.2, 0.25) is 0 Å². The van der Waals surface area contributed by atoms with Crippen molar-refractivity contribution in [3.63, 3.8) is 0 Å². The maximum Gasteiger partial charge on any atom is 0.125 e. The lowest BCUT2D eigenvalue weighted by atomic mass is 9.99. The highest BCUT2D eigenvalue weighted by atomic mass is 35.5. The van der Waals surface area contributed by atoms with Crippen LogP contribution >= 0.6 is 11.6 Å². The summed E-state index contributed by atoms with van der Waals surface area (Å²) >= 11 is 5.89. The van der Waals surface area contributed by atoms with E-state index in [1.165, 1.54) is 12.1 Å². The minimum Gasteiger partial charge on any atom is -0.378 e. The molecule has 1 aliphatic heterocycles. The van der Waals surface area contributed by atoms with Crippen molar-refractivity contribution in [2.45, 2.75) is 38.8 Å². The van der Waals surface area contributed by atoms with E-state index in [2.05, 4.69) is 16.5 Å². The van der Waals surface area contributed by atoms with Crippen LogP contribution in [0.4, 0.5) is 4.39 Å². The first-order valence-corrected chi connectivity index (χ1v) is 8.08. The van der Waals surface area contributed by atoms with E-state index in [0.717, 1.165) is 37.3 Å². The number of alkyl halides is 1. The molecule has 1 fully saturated rings. The monoisotopic (exact) mass is 310 g/mol. The van der Waals surface area contributed by atoms with E-state index >= 15 is 0 Å². The highest BCUT2D eigenvalue weighted by Crippen LogP contribution is 2.28. The number of hydrogen-bond donors (Lipinski definition) is 0. The normalized spacial score (nSPS) is 22.2. The van der Waals surface area contributed by atoms with Crippen molar-refractivity contribution < 1.29 is 9.13 Å². The number of halogens is 2. The fourth-order valence-corrected chi connectivity index (χ4v) is 3.39. The number of nitrogens with zero attached hydrogens (tertiary/aromatic N) is 2. The van der Waals surface area contributed by atoms with Crippen molar-refractivity contribution in [1.82, 2.24) is 9.55 Å². The van der Waals surface area contributed by atoms with Gasteiger partial charge < -0.3 is 9.30 Å². The molecule has 1 aromatic heterocycles. The summed E-state index contributed by atoms with van der Waals surface area (Å²) in [5.41, 5.74) is 1.69. The first-order chi connectivity index (χ1) is 10.2. The quantitative estimate of drug-likeness (QED) is 0.786. The zero-order valence-corrected chi connectivity index (χ0v) is 12.9. The summed E-state index contributed by atoms with van der Waals surface area (Å²) in [6, 6.07) is 4.80. The minimum atomic E-state index is -0.250. The van der Waals surface area contributed by atoms with Crippen molar-refractivity contribution in [3.05, 3.63) is 29.8 Å². The molecule has 2 atom stereocenters. The van der Waals surface area contributed by atoms with Gasteiger partial charge in [0, 0.05) is 37.4 Å². The molecular weight excluding hydrogens is 291 g/mol. The second-order valence-corrected chi connectivity index (χ2v) is 5.95. The number of aromatic nitrogens is 2. The molecule has 1 saturated heterocycles. The summed E-state index contributed by atoms with van der Waals surface area (Å²) in [5, 5.41) is 0. The zero-order valence-electron chi connectivity index (χ0n) is 12.2. The molecule has 0 N–H and O–H groups in total. The average molecular weight is 311 g/mol. The average Bonchev–Trinajstić information content (AvgIpc) is 3.04. The molecule has 0 bridgehead atoms. The Morgan fingerprint density at radius 1 is 1.48 bits per heavy atom. The molecule has 5 heteroatoms. The van der Waals surface area contributed by atoms with Crippen LogP contribution in [-0.2, 0) is 17.7 Å². The summed E-state index contributed by atoms with van der Waals surface area (Å²) in [5.74, 6) is 1.70. The molecule has 0 saturated carbocycles. The largest absolute Gasteiger partial charge is 0.378 e. The van der Waals surface area contributed by atoms with E-state index in [0.29, 0.717) is 29.8 Å². The molecule has 1 aromatic carbocycles. The van der Waals surface area contributed by atoms with Gasteiger partial charge in [-0.05, 0) is 25.0 Å². The molecule has 0 radical (unpaired) electrons. The number of hydrogen-bond acceptors (Lipinski definition) is 2. The van der Waals surface area contributed by atoms with E-state index < -0.39 is 0 Å². The van der Waals surface area contributed by atoms with Crippen molar-refractivity contribution in [3.8, 4) is 0 Å². The Morgan fingerprint density at radius 2 is 2.33 bits per heavy atom. The Labute approximate surface area is 129 Å². The van der Waals surface area contributed by atoms with Crippen LogP contribution in [0.3, 0.4) is 0 Å². The van der Waals surface area contributed by atoms with Crippen molar-refractivity contribution in [2.24, 2.45) is 5.92 Å². The third-order valence-electron chi connectivity index (χ3n) is 4.27. The smallest absolute Gasteiger partial charge is 0.125 e. The Kier molecular flexibility index (Phi) is 4.45. The highest BCUT2D eigenvalue weighted by Gasteiger charge is 2.28. The third-order valence-corrected chi connectivity index (χ3v) is 4.46. The van der Waals surface area contributed by atoms with E-state index in [1.807, 2.05) is 6.07 Å². The zero-order chi connectivity index (χ0) is 14.8. The lowest BCUT2D eigenvalue weighted by molar-refractivity contribution is 0.0836. The number of rotatable bonds is 5. The molecule has 3 nitrogen and oxygen atoms in total. The van der Waals surface area contributed by atoms with Crippen LogP contribution in [0, 0.1) is 11.7 Å². The maximum absolute atomic E-state index is 13.4. The molecule has 2 heterocycles. The van der Waals surface area contributed by atoms with Crippen LogP contribution < -0.4 is 0 Å². The van der Waals surface area contributed by atoms with Crippen LogP contribution in [-0.4, -0.2) is 28.1 Å². The van der Waals surface area contributed by atoms with Gasteiger partial charge in [-0.3, -0.25) is 0 Å². The van der Waals surface area contributed by atoms with Gasteiger partial charge in [-0.15, -0.1) is 11.6 Å². The van der Waals surface area contributed by atoms with Gasteiger partial charge in [0.25, 0.3) is 0 Å². The highest BCUT2D eigenvalue weighted by molar-refractivity contribution is 6.17. The fraction of sp³-hybridized carbons (Fsp3) is 0.562. The van der Waals surface area contributed by atoms with E-state index in [-0.39, 0.29) is 5.82 Å². The van der Waals surface area contributed by atoms with Gasteiger partial charge in [-0.25, -0.2) is 9.37 Å². The van der Waals surface area contributed by atoms with E-state index in [9.17, 15) is 4.39 Å². The Balaban J connectivity index is 1.96. The van der Waals surface area contributed by atoms with E-state index in [1.54, 1.807) is 0 Å². The second kappa shape index (κ2) is 6.32.